The zero-order valence-corrected chi connectivity index (χ0v) is 10.1. The van der Waals surface area contributed by atoms with Crippen LogP contribution in [0.1, 0.15) is 0 Å². The van der Waals surface area contributed by atoms with Crippen LogP contribution in [0.3, 0.4) is 0 Å². The Labute approximate surface area is 106 Å². The van der Waals surface area contributed by atoms with E-state index in [0.717, 1.165) is 17.0 Å². The Balaban J connectivity index is 2.32. The molecule has 0 aliphatic carbocycles. The van der Waals surface area contributed by atoms with Gasteiger partial charge in [-0.1, -0.05) is 12.0 Å². The van der Waals surface area contributed by atoms with Gasteiger partial charge in [0.05, 0.1) is 5.69 Å². The molecule has 0 radical (unpaired) electrons. The molecular formula is C15H13NO2. The van der Waals surface area contributed by atoms with E-state index in [-0.39, 0.29) is 12.2 Å². The van der Waals surface area contributed by atoms with Crippen molar-refractivity contribution in [2.45, 2.75) is 0 Å². The fraction of sp³-hybridized carbons (Fsp3) is 0.133. The van der Waals surface area contributed by atoms with Crippen molar-refractivity contribution >= 4 is 0 Å². The Hall–Kier alpha value is -2.47. The topological polar surface area (TPSA) is 31.2 Å². The highest BCUT2D eigenvalue weighted by Gasteiger charge is 2.02. The van der Waals surface area contributed by atoms with Gasteiger partial charge in [-0.15, -0.1) is 6.42 Å². The molecule has 3 heteroatoms. The van der Waals surface area contributed by atoms with E-state index in [4.69, 9.17) is 11.2 Å². The summed E-state index contributed by atoms with van der Waals surface area (Å²) in [6.45, 7) is 0.253. The van der Waals surface area contributed by atoms with E-state index in [0.29, 0.717) is 0 Å². The third-order valence-corrected chi connectivity index (χ3v) is 2.66. The highest BCUT2D eigenvalue weighted by molar-refractivity contribution is 5.60. The van der Waals surface area contributed by atoms with Gasteiger partial charge in [0.15, 0.2) is 0 Å². The first-order valence-electron chi connectivity index (χ1n) is 5.55. The van der Waals surface area contributed by atoms with Crippen molar-refractivity contribution in [2.75, 3.05) is 6.61 Å². The highest BCUT2D eigenvalue weighted by atomic mass is 16.5. The minimum Gasteiger partial charge on any atom is -0.481 e. The molecule has 0 atom stereocenters. The average Bonchev–Trinajstić information content (AvgIpc) is 2.40. The van der Waals surface area contributed by atoms with Crippen molar-refractivity contribution in [3.05, 3.63) is 52.8 Å². The van der Waals surface area contributed by atoms with Crippen LogP contribution in [-0.4, -0.2) is 11.2 Å². The maximum atomic E-state index is 11.5. The summed E-state index contributed by atoms with van der Waals surface area (Å²) in [5.74, 6) is 3.13. The van der Waals surface area contributed by atoms with Crippen LogP contribution in [0.25, 0.3) is 11.3 Å². The zero-order chi connectivity index (χ0) is 13.0. The van der Waals surface area contributed by atoms with Gasteiger partial charge in [-0.2, -0.15) is 0 Å². The predicted octanol–water partition coefficient (Wildman–Crippen LogP) is 2.06. The summed E-state index contributed by atoms with van der Waals surface area (Å²) in [7, 11) is 1.75. The standard InChI is InChI=1S/C15H13NO2/c1-3-11-18-13-9-7-12(8-10-13)14-5-4-6-15(17)16(14)2/h1,4-10H,11H2,2H3. The fourth-order valence-electron chi connectivity index (χ4n) is 1.70. The van der Waals surface area contributed by atoms with Crippen molar-refractivity contribution < 1.29 is 4.74 Å². The summed E-state index contributed by atoms with van der Waals surface area (Å²) in [6, 6.07) is 12.7. The van der Waals surface area contributed by atoms with Gasteiger partial charge < -0.3 is 9.30 Å². The van der Waals surface area contributed by atoms with Crippen molar-refractivity contribution in [1.29, 1.82) is 0 Å². The molecular weight excluding hydrogens is 226 g/mol. The summed E-state index contributed by atoms with van der Waals surface area (Å²) in [4.78, 5) is 11.5. The smallest absolute Gasteiger partial charge is 0.250 e. The lowest BCUT2D eigenvalue weighted by molar-refractivity contribution is 0.370. The minimum atomic E-state index is -0.0276. The van der Waals surface area contributed by atoms with Crippen LogP contribution >= 0.6 is 0 Å². The van der Waals surface area contributed by atoms with Crippen LogP contribution in [0, 0.1) is 12.3 Å². The molecule has 3 nitrogen and oxygen atoms in total. The highest BCUT2D eigenvalue weighted by Crippen LogP contribution is 2.20. The SMILES string of the molecule is C#CCOc1ccc(-c2cccc(=O)n2C)cc1. The van der Waals surface area contributed by atoms with Crippen LogP contribution < -0.4 is 10.3 Å². The van der Waals surface area contributed by atoms with Crippen LogP contribution in [0.4, 0.5) is 0 Å². The van der Waals surface area contributed by atoms with Crippen molar-refractivity contribution in [1.82, 2.24) is 4.57 Å². The van der Waals surface area contributed by atoms with Gasteiger partial charge in [0, 0.05) is 13.1 Å². The minimum absolute atomic E-state index is 0.0276. The van der Waals surface area contributed by atoms with E-state index >= 15 is 0 Å². The first kappa shape index (κ1) is 12.0. The van der Waals surface area contributed by atoms with Gasteiger partial charge in [-0.05, 0) is 35.9 Å². The number of pyridine rings is 1. The first-order chi connectivity index (χ1) is 8.72. The maximum Gasteiger partial charge on any atom is 0.250 e. The van der Waals surface area contributed by atoms with Gasteiger partial charge in [-0.25, -0.2) is 0 Å². The van der Waals surface area contributed by atoms with Crippen LogP contribution in [0.15, 0.2) is 47.3 Å². The summed E-state index contributed by atoms with van der Waals surface area (Å²) in [6.07, 6.45) is 5.12. The number of hydrogen-bond acceptors (Lipinski definition) is 2. The molecule has 0 bridgehead atoms. The number of terminal acetylenes is 1. The summed E-state index contributed by atoms with van der Waals surface area (Å²) in [5.41, 5.74) is 1.80. The first-order valence-corrected chi connectivity index (χ1v) is 5.55. The van der Waals surface area contributed by atoms with Crippen molar-refractivity contribution in [3.63, 3.8) is 0 Å². The van der Waals surface area contributed by atoms with Gasteiger partial charge in [0.1, 0.15) is 12.4 Å². The molecule has 0 saturated heterocycles. The average molecular weight is 239 g/mol. The number of ether oxygens (including phenoxy) is 1. The third kappa shape index (κ3) is 2.44. The van der Waals surface area contributed by atoms with Crippen LogP contribution in [0.2, 0.25) is 0 Å². The van der Waals surface area contributed by atoms with Crippen LogP contribution in [0.5, 0.6) is 5.75 Å². The monoisotopic (exact) mass is 239 g/mol. The van der Waals surface area contributed by atoms with Gasteiger partial charge in [0.2, 0.25) is 0 Å². The number of benzene rings is 1. The van der Waals surface area contributed by atoms with E-state index in [1.807, 2.05) is 30.3 Å². The maximum absolute atomic E-state index is 11.5. The molecule has 1 aromatic heterocycles. The summed E-state index contributed by atoms with van der Waals surface area (Å²) < 4.78 is 6.90. The molecule has 0 N–H and O–H groups in total. The third-order valence-electron chi connectivity index (χ3n) is 2.66. The lowest BCUT2D eigenvalue weighted by Crippen LogP contribution is -2.16. The molecule has 0 saturated carbocycles. The second-order valence-corrected chi connectivity index (χ2v) is 3.83. The molecule has 2 aromatic rings. The number of rotatable bonds is 3. The van der Waals surface area contributed by atoms with E-state index < -0.39 is 0 Å². The lowest BCUT2D eigenvalue weighted by Gasteiger charge is -2.08. The molecule has 90 valence electrons. The molecule has 1 heterocycles. The van der Waals surface area contributed by atoms with Crippen molar-refractivity contribution in [3.8, 4) is 29.4 Å². The normalized spacial score (nSPS) is 9.78. The Kier molecular flexibility index (Phi) is 3.49. The zero-order valence-electron chi connectivity index (χ0n) is 10.1. The van der Waals surface area contributed by atoms with E-state index in [9.17, 15) is 4.79 Å². The number of hydrogen-bond donors (Lipinski definition) is 0. The molecule has 0 aliphatic rings. The Morgan fingerprint density at radius 3 is 2.61 bits per heavy atom. The largest absolute Gasteiger partial charge is 0.481 e. The van der Waals surface area contributed by atoms with Crippen LogP contribution in [-0.2, 0) is 7.05 Å². The Morgan fingerprint density at radius 1 is 1.22 bits per heavy atom. The predicted molar refractivity (Wildman–Crippen MR) is 71.4 cm³/mol. The quantitative estimate of drug-likeness (QED) is 0.768. The van der Waals surface area contributed by atoms with Gasteiger partial charge in [0.25, 0.3) is 5.56 Å². The molecule has 0 aliphatic heterocycles. The molecule has 0 fully saturated rings. The molecule has 0 unspecified atom stereocenters. The lowest BCUT2D eigenvalue weighted by atomic mass is 10.1. The summed E-state index contributed by atoms with van der Waals surface area (Å²) in [5, 5.41) is 0. The number of aromatic nitrogens is 1. The molecule has 0 amide bonds. The molecule has 1 aromatic carbocycles. The fourth-order valence-corrected chi connectivity index (χ4v) is 1.70. The Bertz CT molecular complexity index is 633. The molecule has 2 rings (SSSR count). The van der Waals surface area contributed by atoms with Gasteiger partial charge >= 0.3 is 0 Å². The second kappa shape index (κ2) is 5.24. The number of nitrogens with zero attached hydrogens (tertiary/aromatic N) is 1. The van der Waals surface area contributed by atoms with E-state index in [1.54, 1.807) is 17.7 Å². The molecule has 0 spiro atoms. The second-order valence-electron chi connectivity index (χ2n) is 3.83. The summed E-state index contributed by atoms with van der Waals surface area (Å²) >= 11 is 0. The van der Waals surface area contributed by atoms with E-state index in [2.05, 4.69) is 5.92 Å². The Morgan fingerprint density at radius 2 is 1.94 bits per heavy atom. The van der Waals surface area contributed by atoms with Gasteiger partial charge in [-0.3, -0.25) is 4.79 Å². The molecule has 18 heavy (non-hydrogen) atoms. The van der Waals surface area contributed by atoms with Crippen molar-refractivity contribution in [2.24, 2.45) is 7.05 Å². The van der Waals surface area contributed by atoms with E-state index in [1.165, 1.54) is 6.07 Å².